The van der Waals surface area contributed by atoms with E-state index in [0.29, 0.717) is 5.02 Å². The molecule has 1 heterocycles. The molecular formula is C11H10ClN3O3S2. The van der Waals surface area contributed by atoms with Crippen LogP contribution in [0.5, 0.6) is 0 Å². The number of amides is 1. The molecule has 0 unspecified atom stereocenters. The number of halogens is 1. The third-order valence-electron chi connectivity index (χ3n) is 2.25. The van der Waals surface area contributed by atoms with Crippen LogP contribution in [0.4, 0.5) is 5.13 Å². The fourth-order valence-corrected chi connectivity index (χ4v) is 3.01. The standard InChI is InChI=1S/C11H10ClN3O3S2/c1-20(17,18)11-15-14-10(19-11)13-9(16)6-7-2-4-8(12)5-3-7/h2-5H,6H2,1H3,(H,13,14,16). The Bertz CT molecular complexity index is 726. The highest BCUT2D eigenvalue weighted by Crippen LogP contribution is 2.19. The van der Waals surface area contributed by atoms with Gasteiger partial charge in [0.05, 0.1) is 6.42 Å². The maximum absolute atomic E-state index is 11.8. The molecule has 0 aliphatic rings. The summed E-state index contributed by atoms with van der Waals surface area (Å²) in [6.07, 6.45) is 1.18. The Hall–Kier alpha value is -1.51. The number of nitrogens with one attached hydrogen (secondary N) is 1. The minimum Gasteiger partial charge on any atom is -0.300 e. The van der Waals surface area contributed by atoms with Crippen molar-refractivity contribution in [1.29, 1.82) is 0 Å². The van der Waals surface area contributed by atoms with E-state index in [2.05, 4.69) is 15.5 Å². The van der Waals surface area contributed by atoms with E-state index < -0.39 is 9.84 Å². The Labute approximate surface area is 124 Å². The lowest BCUT2D eigenvalue weighted by molar-refractivity contribution is -0.115. The van der Waals surface area contributed by atoms with Gasteiger partial charge in [-0.1, -0.05) is 35.1 Å². The van der Waals surface area contributed by atoms with E-state index in [1.807, 2.05) is 0 Å². The third kappa shape index (κ3) is 3.99. The van der Waals surface area contributed by atoms with Gasteiger partial charge in [0, 0.05) is 11.3 Å². The number of hydrogen-bond acceptors (Lipinski definition) is 6. The second kappa shape index (κ2) is 5.86. The highest BCUT2D eigenvalue weighted by atomic mass is 35.5. The number of hydrogen-bond donors (Lipinski definition) is 1. The quantitative estimate of drug-likeness (QED) is 0.862. The first kappa shape index (κ1) is 14.9. The van der Waals surface area contributed by atoms with Crippen LogP contribution in [-0.2, 0) is 21.1 Å². The summed E-state index contributed by atoms with van der Waals surface area (Å²) in [4.78, 5) is 11.8. The summed E-state index contributed by atoms with van der Waals surface area (Å²) >= 11 is 6.57. The van der Waals surface area contributed by atoms with Gasteiger partial charge >= 0.3 is 0 Å². The van der Waals surface area contributed by atoms with E-state index >= 15 is 0 Å². The first-order chi connectivity index (χ1) is 9.34. The molecule has 1 aromatic carbocycles. The normalized spacial score (nSPS) is 11.3. The maximum atomic E-state index is 11.8. The lowest BCUT2D eigenvalue weighted by Crippen LogP contribution is -2.14. The second-order valence-electron chi connectivity index (χ2n) is 4.00. The maximum Gasteiger partial charge on any atom is 0.234 e. The van der Waals surface area contributed by atoms with Gasteiger partial charge in [0.2, 0.25) is 25.2 Å². The topological polar surface area (TPSA) is 89.0 Å². The average Bonchev–Trinajstić information content (AvgIpc) is 2.80. The van der Waals surface area contributed by atoms with E-state index in [1.165, 1.54) is 0 Å². The number of sulfone groups is 1. The van der Waals surface area contributed by atoms with Crippen LogP contribution >= 0.6 is 22.9 Å². The zero-order chi connectivity index (χ0) is 14.8. The summed E-state index contributed by atoms with van der Waals surface area (Å²) < 4.78 is 22.3. The van der Waals surface area contributed by atoms with Gasteiger partial charge in [-0.2, -0.15) is 0 Å². The molecule has 0 radical (unpaired) electrons. The van der Waals surface area contributed by atoms with E-state index in [-0.39, 0.29) is 21.8 Å². The number of carbonyl (C=O) groups is 1. The van der Waals surface area contributed by atoms with Crippen molar-refractivity contribution < 1.29 is 13.2 Å². The minimum absolute atomic E-state index is 0.126. The van der Waals surface area contributed by atoms with Crippen LogP contribution in [0.1, 0.15) is 5.56 Å². The molecule has 2 aromatic rings. The van der Waals surface area contributed by atoms with E-state index in [9.17, 15) is 13.2 Å². The van der Waals surface area contributed by atoms with E-state index in [1.54, 1.807) is 24.3 Å². The Balaban J connectivity index is 2.01. The third-order valence-corrected chi connectivity index (χ3v) is 5.01. The Morgan fingerprint density at radius 1 is 1.30 bits per heavy atom. The number of aromatic nitrogens is 2. The highest BCUT2D eigenvalue weighted by Gasteiger charge is 2.15. The molecule has 0 spiro atoms. The molecule has 106 valence electrons. The van der Waals surface area contributed by atoms with Gasteiger partial charge in [-0.25, -0.2) is 8.42 Å². The van der Waals surface area contributed by atoms with E-state index in [0.717, 1.165) is 23.2 Å². The summed E-state index contributed by atoms with van der Waals surface area (Å²) in [5.74, 6) is -0.302. The van der Waals surface area contributed by atoms with Crippen LogP contribution in [0.3, 0.4) is 0 Å². The Morgan fingerprint density at radius 2 is 1.95 bits per heavy atom. The molecule has 1 N–H and O–H groups in total. The smallest absolute Gasteiger partial charge is 0.234 e. The number of nitrogens with zero attached hydrogens (tertiary/aromatic N) is 2. The number of benzene rings is 1. The summed E-state index contributed by atoms with van der Waals surface area (Å²) in [5.41, 5.74) is 0.791. The Kier molecular flexibility index (Phi) is 4.36. The first-order valence-corrected chi connectivity index (χ1v) is 8.51. The molecule has 0 bridgehead atoms. The molecule has 1 amide bonds. The van der Waals surface area contributed by atoms with E-state index in [4.69, 9.17) is 11.6 Å². The van der Waals surface area contributed by atoms with Gasteiger partial charge in [-0.05, 0) is 17.7 Å². The van der Waals surface area contributed by atoms with Crippen molar-refractivity contribution in [2.24, 2.45) is 0 Å². The van der Waals surface area contributed by atoms with Gasteiger partial charge in [0.15, 0.2) is 0 Å². The van der Waals surface area contributed by atoms with Crippen LogP contribution in [0.2, 0.25) is 5.02 Å². The summed E-state index contributed by atoms with van der Waals surface area (Å²) in [6.45, 7) is 0. The molecule has 0 fully saturated rings. The van der Waals surface area contributed by atoms with Crippen molar-refractivity contribution in [3.05, 3.63) is 34.9 Å². The molecule has 6 nitrogen and oxygen atoms in total. The van der Waals surface area contributed by atoms with Gasteiger partial charge in [0.25, 0.3) is 0 Å². The predicted octanol–water partition coefficient (Wildman–Crippen LogP) is 1.78. The second-order valence-corrected chi connectivity index (χ2v) is 7.60. The molecule has 0 saturated heterocycles. The molecule has 20 heavy (non-hydrogen) atoms. The van der Waals surface area contributed by atoms with Gasteiger partial charge < -0.3 is 5.32 Å². The Morgan fingerprint density at radius 3 is 2.50 bits per heavy atom. The minimum atomic E-state index is -3.40. The van der Waals surface area contributed by atoms with Crippen molar-refractivity contribution in [3.63, 3.8) is 0 Å². The molecule has 0 atom stereocenters. The number of carbonyl (C=O) groups excluding carboxylic acids is 1. The fourth-order valence-electron chi connectivity index (χ4n) is 1.36. The lowest BCUT2D eigenvalue weighted by Gasteiger charge is -2.01. The van der Waals surface area contributed by atoms with Crippen LogP contribution in [-0.4, -0.2) is 30.8 Å². The predicted molar refractivity (Wildman–Crippen MR) is 76.8 cm³/mol. The van der Waals surface area contributed by atoms with Crippen LogP contribution in [0.15, 0.2) is 28.6 Å². The monoisotopic (exact) mass is 331 g/mol. The van der Waals surface area contributed by atoms with Crippen molar-refractivity contribution >= 4 is 43.8 Å². The van der Waals surface area contributed by atoms with Gasteiger partial charge in [0.1, 0.15) is 0 Å². The number of anilines is 1. The molecule has 1 aromatic heterocycles. The zero-order valence-electron chi connectivity index (χ0n) is 10.3. The van der Waals surface area contributed by atoms with Crippen molar-refractivity contribution in [2.45, 2.75) is 10.8 Å². The van der Waals surface area contributed by atoms with Crippen molar-refractivity contribution in [3.8, 4) is 0 Å². The molecule has 0 aliphatic heterocycles. The lowest BCUT2D eigenvalue weighted by atomic mass is 10.1. The molecule has 2 rings (SSSR count). The van der Waals surface area contributed by atoms with Crippen LogP contribution in [0.25, 0.3) is 0 Å². The highest BCUT2D eigenvalue weighted by molar-refractivity contribution is 7.92. The summed E-state index contributed by atoms with van der Waals surface area (Å²) in [7, 11) is -3.40. The molecular weight excluding hydrogens is 322 g/mol. The van der Waals surface area contributed by atoms with Gasteiger partial charge in [-0.3, -0.25) is 4.79 Å². The number of rotatable bonds is 4. The summed E-state index contributed by atoms with van der Waals surface area (Å²) in [6, 6.07) is 6.86. The molecule has 0 aliphatic carbocycles. The molecule has 0 saturated carbocycles. The fraction of sp³-hybridized carbons (Fsp3) is 0.182. The van der Waals surface area contributed by atoms with Gasteiger partial charge in [-0.15, -0.1) is 10.2 Å². The zero-order valence-corrected chi connectivity index (χ0v) is 12.7. The molecule has 9 heteroatoms. The largest absolute Gasteiger partial charge is 0.300 e. The van der Waals surface area contributed by atoms with Crippen LogP contribution in [0, 0.1) is 0 Å². The van der Waals surface area contributed by atoms with Crippen molar-refractivity contribution in [2.75, 3.05) is 11.6 Å². The van der Waals surface area contributed by atoms with Crippen LogP contribution < -0.4 is 5.32 Å². The first-order valence-electron chi connectivity index (χ1n) is 5.42. The summed E-state index contributed by atoms with van der Waals surface area (Å²) in [5, 5.41) is 10.4. The van der Waals surface area contributed by atoms with Crippen molar-refractivity contribution in [1.82, 2.24) is 10.2 Å². The average molecular weight is 332 g/mol. The SMILES string of the molecule is CS(=O)(=O)c1nnc(NC(=O)Cc2ccc(Cl)cc2)s1.